The zero-order valence-corrected chi connectivity index (χ0v) is 17.6. The molecule has 0 saturated carbocycles. The number of hydrogen-bond acceptors (Lipinski definition) is 5. The Morgan fingerprint density at radius 2 is 1.50 bits per heavy atom. The number of hydrogen-bond donors (Lipinski definition) is 0. The molecular weight excluding hydrogens is 317 g/mol. The van der Waals surface area contributed by atoms with Crippen LogP contribution in [0.1, 0.15) is 48.0 Å². The van der Waals surface area contributed by atoms with Crippen molar-refractivity contribution in [2.24, 2.45) is 4.66 Å². The molecule has 1 unspecified atom stereocenters. The average molecular weight is 352 g/mol. The van der Waals surface area contributed by atoms with E-state index in [-0.39, 0.29) is 12.2 Å². The average Bonchev–Trinajstić information content (AvgIpc) is 2.24. The molecule has 22 heavy (non-hydrogen) atoms. The van der Waals surface area contributed by atoms with Crippen molar-refractivity contribution in [2.75, 3.05) is 6.61 Å². The molecular formula is C15H34NO4PSi. The van der Waals surface area contributed by atoms with Crippen LogP contribution in [0.15, 0.2) is 4.66 Å². The van der Waals surface area contributed by atoms with Crippen molar-refractivity contribution in [3.8, 4) is 0 Å². The first-order chi connectivity index (χ1) is 9.95. The van der Waals surface area contributed by atoms with E-state index in [9.17, 15) is 4.57 Å². The van der Waals surface area contributed by atoms with Gasteiger partial charge in [0.15, 0.2) is 14.1 Å². The summed E-state index contributed by atoms with van der Waals surface area (Å²) >= 11 is 0. The predicted molar refractivity (Wildman–Crippen MR) is 96.5 cm³/mol. The first-order valence-corrected chi connectivity index (χ1v) is 13.2. The molecule has 0 aromatic carbocycles. The van der Waals surface area contributed by atoms with Gasteiger partial charge in [-0.2, -0.15) is 0 Å². The summed E-state index contributed by atoms with van der Waals surface area (Å²) in [5, 5.41) is 0. The van der Waals surface area contributed by atoms with Gasteiger partial charge in [0.2, 0.25) is 0 Å². The van der Waals surface area contributed by atoms with Crippen LogP contribution < -0.4 is 0 Å². The second kappa shape index (κ2) is 9.21. The van der Waals surface area contributed by atoms with Crippen LogP contribution in [0.2, 0.25) is 19.6 Å². The lowest BCUT2D eigenvalue weighted by molar-refractivity contribution is 0.138. The Balaban J connectivity index is 5.77. The molecule has 0 aromatic heterocycles. The van der Waals surface area contributed by atoms with Crippen LogP contribution in [0.25, 0.3) is 0 Å². The fourth-order valence-electron chi connectivity index (χ4n) is 1.97. The third kappa shape index (κ3) is 7.91. The molecule has 0 heterocycles. The molecule has 0 rings (SSSR count). The highest BCUT2D eigenvalue weighted by Gasteiger charge is 2.41. The Labute approximate surface area is 137 Å². The molecule has 0 N–H and O–H groups in total. The molecule has 5 nitrogen and oxygen atoms in total. The second-order valence-electron chi connectivity index (χ2n) is 6.83. The first-order valence-electron chi connectivity index (χ1n) is 8.14. The molecule has 0 radical (unpaired) electrons. The maximum Gasteiger partial charge on any atom is 0.343 e. The molecule has 0 amide bonds. The highest BCUT2D eigenvalue weighted by atomic mass is 31.2. The van der Waals surface area contributed by atoms with E-state index in [1.54, 1.807) is 0 Å². The van der Waals surface area contributed by atoms with Crippen molar-refractivity contribution >= 4 is 21.7 Å². The minimum atomic E-state index is -3.35. The first kappa shape index (κ1) is 21.8. The molecule has 0 fully saturated rings. The van der Waals surface area contributed by atoms with Crippen LogP contribution in [0.4, 0.5) is 0 Å². The third-order valence-corrected chi connectivity index (χ3v) is 6.18. The van der Waals surface area contributed by atoms with Crippen molar-refractivity contribution in [1.82, 2.24) is 0 Å². The predicted octanol–water partition coefficient (Wildman–Crippen LogP) is 5.08. The van der Waals surface area contributed by atoms with Crippen molar-refractivity contribution in [2.45, 2.75) is 85.5 Å². The third-order valence-electron chi connectivity index (χ3n) is 2.51. The number of rotatable bonds is 9. The van der Waals surface area contributed by atoms with Gasteiger partial charge >= 0.3 is 7.60 Å². The van der Waals surface area contributed by atoms with E-state index in [1.807, 2.05) is 41.5 Å². The highest BCUT2D eigenvalue weighted by Crippen LogP contribution is 2.56. The molecule has 1 atom stereocenters. The van der Waals surface area contributed by atoms with E-state index >= 15 is 0 Å². The van der Waals surface area contributed by atoms with Crippen molar-refractivity contribution in [3.63, 3.8) is 0 Å². The molecule has 7 heteroatoms. The molecule has 0 aliphatic carbocycles. The van der Waals surface area contributed by atoms with Crippen molar-refractivity contribution in [3.05, 3.63) is 0 Å². The minimum Gasteiger partial charge on any atom is -0.481 e. The summed E-state index contributed by atoms with van der Waals surface area (Å²) in [5.74, 6) is 0.522. The van der Waals surface area contributed by atoms with Gasteiger partial charge in [0, 0.05) is 0 Å². The lowest BCUT2D eigenvalue weighted by atomic mass is 10.3. The SMILES string of the molecule is CCOC(=N[Si](C)(C)C)C(CC)P(=O)(OC(C)C)OC(C)C. The van der Waals surface area contributed by atoms with Crippen molar-refractivity contribution in [1.29, 1.82) is 0 Å². The topological polar surface area (TPSA) is 57.1 Å². The Kier molecular flexibility index (Phi) is 9.14. The number of ether oxygens (including phenoxy) is 1. The van der Waals surface area contributed by atoms with Crippen molar-refractivity contribution < 1.29 is 18.3 Å². The highest BCUT2D eigenvalue weighted by molar-refractivity contribution is 7.55. The Bertz CT molecular complexity index is 391. The molecule has 0 aliphatic heterocycles. The van der Waals surface area contributed by atoms with E-state index in [0.29, 0.717) is 18.9 Å². The molecule has 0 aliphatic rings. The summed E-state index contributed by atoms with van der Waals surface area (Å²) in [4.78, 5) is 0. The van der Waals surface area contributed by atoms with E-state index in [4.69, 9.17) is 18.4 Å². The molecule has 0 aromatic rings. The fourth-order valence-corrected chi connectivity index (χ4v) is 5.33. The van der Waals surface area contributed by atoms with E-state index in [1.165, 1.54) is 0 Å². The maximum atomic E-state index is 13.4. The lowest BCUT2D eigenvalue weighted by Gasteiger charge is -2.30. The standard InChI is InChI=1S/C15H34NO4PSi/c1-10-14(15(18-11-2)16-22(7,8)9)21(17,19-12(3)4)20-13(5)6/h12-14H,10-11H2,1-9H3. The van der Waals surface area contributed by atoms with Crippen LogP contribution >= 0.6 is 7.60 Å². The largest absolute Gasteiger partial charge is 0.481 e. The Morgan fingerprint density at radius 1 is 1.05 bits per heavy atom. The Morgan fingerprint density at radius 3 is 1.77 bits per heavy atom. The van der Waals surface area contributed by atoms with Gasteiger partial charge < -0.3 is 13.8 Å². The molecule has 0 saturated heterocycles. The Hall–Kier alpha value is -0.163. The van der Waals surface area contributed by atoms with Crippen LogP contribution in [0.5, 0.6) is 0 Å². The van der Waals surface area contributed by atoms with Crippen LogP contribution in [0.3, 0.4) is 0 Å². The van der Waals surface area contributed by atoms with Crippen LogP contribution in [-0.4, -0.2) is 38.6 Å². The van der Waals surface area contributed by atoms with Crippen LogP contribution in [0, 0.1) is 0 Å². The minimum absolute atomic E-state index is 0.187. The second-order valence-corrected chi connectivity index (χ2v) is 13.5. The summed E-state index contributed by atoms with van der Waals surface area (Å²) in [6.07, 6.45) is 0.224. The number of nitrogens with zero attached hydrogens (tertiary/aromatic N) is 1. The lowest BCUT2D eigenvalue weighted by Crippen LogP contribution is -2.31. The van der Waals surface area contributed by atoms with Gasteiger partial charge in [-0.1, -0.05) is 6.92 Å². The monoisotopic (exact) mass is 351 g/mol. The normalized spacial score (nSPS) is 15.5. The molecule has 132 valence electrons. The molecule has 0 bridgehead atoms. The van der Waals surface area contributed by atoms with Gasteiger partial charge in [-0.25, -0.2) is 0 Å². The maximum absolute atomic E-state index is 13.4. The summed E-state index contributed by atoms with van der Waals surface area (Å²) in [7, 11) is -5.11. The van der Waals surface area contributed by atoms with Gasteiger partial charge in [0.1, 0.15) is 5.66 Å². The quantitative estimate of drug-likeness (QED) is 0.252. The van der Waals surface area contributed by atoms with E-state index < -0.39 is 21.5 Å². The summed E-state index contributed by atoms with van der Waals surface area (Å²) in [5.41, 5.74) is -0.455. The van der Waals surface area contributed by atoms with Crippen LogP contribution in [-0.2, 0) is 18.3 Å². The van der Waals surface area contributed by atoms with Gasteiger partial charge in [0.05, 0.1) is 18.8 Å². The van der Waals surface area contributed by atoms with Gasteiger partial charge in [-0.3, -0.25) is 9.22 Å². The zero-order valence-electron chi connectivity index (χ0n) is 15.7. The smallest absolute Gasteiger partial charge is 0.343 e. The van der Waals surface area contributed by atoms with Gasteiger partial charge in [-0.15, -0.1) is 0 Å². The van der Waals surface area contributed by atoms with Gasteiger partial charge in [0.25, 0.3) is 0 Å². The zero-order chi connectivity index (χ0) is 17.6. The summed E-state index contributed by atoms with van der Waals surface area (Å²) in [6, 6.07) is 0. The summed E-state index contributed by atoms with van der Waals surface area (Å²) in [6.45, 7) is 18.2. The van der Waals surface area contributed by atoms with E-state index in [0.717, 1.165) is 0 Å². The summed E-state index contributed by atoms with van der Waals surface area (Å²) < 4.78 is 35.3. The van der Waals surface area contributed by atoms with E-state index in [2.05, 4.69) is 19.6 Å². The fraction of sp³-hybridized carbons (Fsp3) is 0.933. The molecule has 0 spiro atoms. The van der Waals surface area contributed by atoms with Gasteiger partial charge in [-0.05, 0) is 60.7 Å².